The lowest BCUT2D eigenvalue weighted by Crippen LogP contribution is -2.62. The molecule has 3 heterocycles. The minimum absolute atomic E-state index is 0.0864. The second-order valence-corrected chi connectivity index (χ2v) is 9.05. The molecule has 148 valence electrons. The number of benzene rings is 1. The zero-order chi connectivity index (χ0) is 19.7. The van der Waals surface area contributed by atoms with Crippen LogP contribution in [0.5, 0.6) is 0 Å². The van der Waals surface area contributed by atoms with Crippen LogP contribution in [0.2, 0.25) is 0 Å². The van der Waals surface area contributed by atoms with Crippen molar-refractivity contribution in [1.82, 2.24) is 5.32 Å². The molecular weight excluding hydrogens is 344 g/mol. The summed E-state index contributed by atoms with van der Waals surface area (Å²) in [5.41, 5.74) is 0.0547. The molecule has 3 fully saturated rings. The topological polar surface area (TPSA) is 64.6 Å². The Hall–Kier alpha value is -2.08. The number of carbonyl (C=O) groups is 2. The average Bonchev–Trinajstić information content (AvgIpc) is 2.59. The van der Waals surface area contributed by atoms with Crippen LogP contribution in [0.3, 0.4) is 0 Å². The summed E-state index contributed by atoms with van der Waals surface area (Å²) in [6.07, 6.45) is 1.46. The first-order chi connectivity index (χ1) is 12.7. The Kier molecular flexibility index (Phi) is 5.47. The number of carbonyl (C=O) groups excluding carboxylic acids is 2. The van der Waals surface area contributed by atoms with Gasteiger partial charge < -0.3 is 19.3 Å². The first-order valence-corrected chi connectivity index (χ1v) is 9.74. The largest absolute Gasteiger partial charge is 0.454 e. The fourth-order valence-electron chi connectivity index (χ4n) is 4.05. The molecule has 6 nitrogen and oxygen atoms in total. The highest BCUT2D eigenvalue weighted by Crippen LogP contribution is 2.34. The molecule has 0 spiro atoms. The monoisotopic (exact) mass is 375 g/mol. The molecule has 6 heteroatoms. The van der Waals surface area contributed by atoms with E-state index >= 15 is 0 Å². The summed E-state index contributed by atoms with van der Waals surface area (Å²) in [5.74, 6) is 0.00394. The normalized spacial score (nSPS) is 28.3. The number of esters is 1. The highest BCUT2D eigenvalue weighted by atomic mass is 16.6. The summed E-state index contributed by atoms with van der Waals surface area (Å²) in [4.78, 5) is 25.3. The number of alkyl carbamates (subject to hydrolysis) is 1. The van der Waals surface area contributed by atoms with Crippen LogP contribution in [0, 0.1) is 5.92 Å². The number of amides is 1. The summed E-state index contributed by atoms with van der Waals surface area (Å²) in [6, 6.07) is 8.31. The predicted octanol–water partition coefficient (Wildman–Crippen LogP) is 3.03. The number of ether oxygens (including phenoxy) is 2. The quantitative estimate of drug-likeness (QED) is 0.649. The Bertz CT molecular complexity index is 675. The molecule has 4 rings (SSSR count). The van der Waals surface area contributed by atoms with Gasteiger partial charge in [-0.25, -0.2) is 9.59 Å². The second kappa shape index (κ2) is 7.50. The Morgan fingerprint density at radius 2 is 1.78 bits per heavy atom. The van der Waals surface area contributed by atoms with E-state index in [4.69, 9.17) is 9.47 Å². The molecule has 0 aromatic heterocycles. The standard InChI is InChI=1S/C21H30N2O4/c1-21(2,3)27-20(25)22-18(16-8-6-5-7-9-16)19(24)26-17-14-23(4)12-10-15(17)11-13-23/h5-9,15,17-18H,10-14H2,1-4H3/p+1/t15?,17-,18?,23?/m0/s1. The van der Waals surface area contributed by atoms with Gasteiger partial charge in [0.05, 0.1) is 20.1 Å². The minimum atomic E-state index is -0.873. The molecule has 3 aliphatic rings. The zero-order valence-corrected chi connectivity index (χ0v) is 16.7. The third-order valence-electron chi connectivity index (χ3n) is 5.52. The van der Waals surface area contributed by atoms with Crippen molar-refractivity contribution in [3.05, 3.63) is 35.9 Å². The maximum Gasteiger partial charge on any atom is 0.408 e. The summed E-state index contributed by atoms with van der Waals surface area (Å²) < 4.78 is 12.2. The van der Waals surface area contributed by atoms with E-state index in [1.54, 1.807) is 20.8 Å². The fraction of sp³-hybridized carbons (Fsp3) is 0.619. The van der Waals surface area contributed by atoms with Crippen molar-refractivity contribution < 1.29 is 23.5 Å². The van der Waals surface area contributed by atoms with Crippen LogP contribution in [-0.2, 0) is 14.3 Å². The number of rotatable bonds is 4. The first-order valence-electron chi connectivity index (χ1n) is 9.74. The minimum Gasteiger partial charge on any atom is -0.454 e. The highest BCUT2D eigenvalue weighted by Gasteiger charge is 2.46. The van der Waals surface area contributed by atoms with Gasteiger partial charge in [0, 0.05) is 18.8 Å². The maximum absolute atomic E-state index is 13.0. The third kappa shape index (κ3) is 5.01. The van der Waals surface area contributed by atoms with Gasteiger partial charge in [-0.05, 0) is 26.3 Å². The lowest BCUT2D eigenvalue weighted by molar-refractivity contribution is -0.928. The van der Waals surface area contributed by atoms with Gasteiger partial charge in [0.1, 0.15) is 12.1 Å². The number of piperidine rings is 3. The van der Waals surface area contributed by atoms with Crippen molar-refractivity contribution >= 4 is 12.1 Å². The van der Waals surface area contributed by atoms with Gasteiger partial charge in [-0.1, -0.05) is 30.3 Å². The number of quaternary nitrogens is 1. The zero-order valence-electron chi connectivity index (χ0n) is 16.7. The molecule has 1 unspecified atom stereocenters. The smallest absolute Gasteiger partial charge is 0.408 e. The molecule has 3 saturated heterocycles. The van der Waals surface area contributed by atoms with Gasteiger partial charge in [-0.3, -0.25) is 0 Å². The summed E-state index contributed by atoms with van der Waals surface area (Å²) in [7, 11) is 2.23. The fourth-order valence-corrected chi connectivity index (χ4v) is 4.05. The molecule has 1 aromatic carbocycles. The molecule has 0 aliphatic carbocycles. The maximum atomic E-state index is 13.0. The molecule has 1 aromatic rings. The number of hydrogen-bond donors (Lipinski definition) is 1. The van der Waals surface area contributed by atoms with Crippen molar-refractivity contribution in [2.45, 2.75) is 51.4 Å². The number of nitrogens with one attached hydrogen (secondary N) is 1. The van der Waals surface area contributed by atoms with E-state index in [2.05, 4.69) is 12.4 Å². The summed E-state index contributed by atoms with van der Waals surface area (Å²) in [6.45, 7) is 8.53. The van der Waals surface area contributed by atoms with Crippen molar-refractivity contribution in [2.75, 3.05) is 26.7 Å². The number of hydrogen-bond acceptors (Lipinski definition) is 4. The second-order valence-electron chi connectivity index (χ2n) is 9.05. The van der Waals surface area contributed by atoms with Crippen LogP contribution in [-0.4, -0.2) is 54.9 Å². The van der Waals surface area contributed by atoms with Crippen LogP contribution in [0.25, 0.3) is 0 Å². The molecule has 27 heavy (non-hydrogen) atoms. The lowest BCUT2D eigenvalue weighted by atomic mass is 9.84. The van der Waals surface area contributed by atoms with E-state index in [-0.39, 0.29) is 6.10 Å². The van der Waals surface area contributed by atoms with E-state index in [1.165, 1.54) is 0 Å². The van der Waals surface area contributed by atoms with E-state index < -0.39 is 23.7 Å². The van der Waals surface area contributed by atoms with E-state index in [1.807, 2.05) is 30.3 Å². The number of likely N-dealkylation sites (N-methyl/N-ethyl adjacent to an activating group) is 1. The Morgan fingerprint density at radius 1 is 1.15 bits per heavy atom. The Labute approximate surface area is 161 Å². The van der Waals surface area contributed by atoms with E-state index in [9.17, 15) is 9.59 Å². The lowest BCUT2D eigenvalue weighted by Gasteiger charge is -2.49. The predicted molar refractivity (Wildman–Crippen MR) is 102 cm³/mol. The third-order valence-corrected chi connectivity index (χ3v) is 5.52. The molecule has 0 saturated carbocycles. The van der Waals surface area contributed by atoms with Gasteiger partial charge in [-0.2, -0.15) is 0 Å². The van der Waals surface area contributed by atoms with Crippen molar-refractivity contribution in [3.8, 4) is 0 Å². The van der Waals surface area contributed by atoms with E-state index in [0.717, 1.165) is 37.0 Å². The van der Waals surface area contributed by atoms with E-state index in [0.29, 0.717) is 11.5 Å². The molecule has 2 bridgehead atoms. The van der Waals surface area contributed by atoms with Crippen LogP contribution in [0.15, 0.2) is 30.3 Å². The van der Waals surface area contributed by atoms with Crippen LogP contribution in [0.4, 0.5) is 4.79 Å². The van der Waals surface area contributed by atoms with Crippen molar-refractivity contribution in [3.63, 3.8) is 0 Å². The van der Waals surface area contributed by atoms with Gasteiger partial charge >= 0.3 is 12.1 Å². The molecule has 2 atom stereocenters. The molecule has 1 amide bonds. The SMILES string of the molecule is CC(C)(C)OC(=O)NC(C(=O)O[C@H]1C[N+]2(C)CCC1CC2)c1ccccc1. The van der Waals surface area contributed by atoms with Gasteiger partial charge in [-0.15, -0.1) is 0 Å². The molecule has 0 radical (unpaired) electrons. The van der Waals surface area contributed by atoms with Crippen LogP contribution < -0.4 is 5.32 Å². The highest BCUT2D eigenvalue weighted by molar-refractivity contribution is 5.83. The first kappa shape index (κ1) is 19.7. The number of fused-ring (bicyclic) bond motifs is 3. The van der Waals surface area contributed by atoms with Gasteiger partial charge in [0.15, 0.2) is 12.1 Å². The van der Waals surface area contributed by atoms with Crippen molar-refractivity contribution in [2.24, 2.45) is 5.92 Å². The summed E-state index contributed by atoms with van der Waals surface area (Å²) in [5, 5.41) is 2.69. The Balaban J connectivity index is 1.72. The molecule has 3 aliphatic heterocycles. The molecule has 1 N–H and O–H groups in total. The Morgan fingerprint density at radius 3 is 2.33 bits per heavy atom. The summed E-state index contributed by atoms with van der Waals surface area (Å²) >= 11 is 0. The average molecular weight is 375 g/mol. The van der Waals surface area contributed by atoms with Gasteiger partial charge in [0.25, 0.3) is 0 Å². The van der Waals surface area contributed by atoms with Gasteiger partial charge in [0.2, 0.25) is 0 Å². The molecular formula is C21H31N2O4+. The van der Waals surface area contributed by atoms with Crippen LogP contribution in [0.1, 0.15) is 45.2 Å². The van der Waals surface area contributed by atoms with Crippen LogP contribution >= 0.6 is 0 Å². The number of nitrogens with zero attached hydrogens (tertiary/aromatic N) is 1. The van der Waals surface area contributed by atoms with Crippen molar-refractivity contribution in [1.29, 1.82) is 0 Å².